The lowest BCUT2D eigenvalue weighted by Gasteiger charge is -2.02. The maximum atomic E-state index is 12.4. The molecule has 1 amide bonds. The van der Waals surface area contributed by atoms with Crippen molar-refractivity contribution in [3.05, 3.63) is 40.7 Å². The van der Waals surface area contributed by atoms with E-state index in [0.717, 1.165) is 11.4 Å². The summed E-state index contributed by atoms with van der Waals surface area (Å²) >= 11 is 1.42. The van der Waals surface area contributed by atoms with Crippen molar-refractivity contribution in [1.29, 1.82) is 0 Å². The minimum Gasteiger partial charge on any atom is -0.463 e. The van der Waals surface area contributed by atoms with Crippen LogP contribution in [-0.2, 0) is 13.5 Å². The number of hydrogen-bond donors (Lipinski definition) is 1. The van der Waals surface area contributed by atoms with Crippen LogP contribution in [0.2, 0.25) is 0 Å². The van der Waals surface area contributed by atoms with E-state index in [1.807, 2.05) is 6.07 Å². The Morgan fingerprint density at radius 3 is 3.00 bits per heavy atom. The second-order valence-electron chi connectivity index (χ2n) is 5.71. The SMILES string of the molecule is CC(C)Cc1ncc(C(=O)Nc2cn(C)nc2-c2ccco2)s1. The fourth-order valence-electron chi connectivity index (χ4n) is 2.22. The summed E-state index contributed by atoms with van der Waals surface area (Å²) in [6.45, 7) is 4.26. The number of furan rings is 1. The van der Waals surface area contributed by atoms with Gasteiger partial charge >= 0.3 is 0 Å². The van der Waals surface area contributed by atoms with Crippen molar-refractivity contribution in [2.24, 2.45) is 13.0 Å². The van der Waals surface area contributed by atoms with Crippen molar-refractivity contribution in [3.63, 3.8) is 0 Å². The monoisotopic (exact) mass is 330 g/mol. The highest BCUT2D eigenvalue weighted by atomic mass is 32.1. The maximum Gasteiger partial charge on any atom is 0.267 e. The molecule has 120 valence electrons. The third-order valence-corrected chi connectivity index (χ3v) is 4.21. The van der Waals surface area contributed by atoms with Crippen LogP contribution in [-0.4, -0.2) is 20.7 Å². The minimum atomic E-state index is -0.182. The molecule has 0 aromatic carbocycles. The summed E-state index contributed by atoms with van der Waals surface area (Å²) in [6, 6.07) is 3.60. The first-order valence-corrected chi connectivity index (χ1v) is 8.18. The number of aryl methyl sites for hydroxylation is 1. The van der Waals surface area contributed by atoms with Crippen molar-refractivity contribution in [2.75, 3.05) is 5.32 Å². The van der Waals surface area contributed by atoms with E-state index in [-0.39, 0.29) is 5.91 Å². The number of nitrogens with zero attached hydrogens (tertiary/aromatic N) is 3. The summed E-state index contributed by atoms with van der Waals surface area (Å²) in [6.07, 6.45) is 5.84. The van der Waals surface area contributed by atoms with Gasteiger partial charge in [0.25, 0.3) is 5.91 Å². The molecule has 0 radical (unpaired) electrons. The first kappa shape index (κ1) is 15.5. The van der Waals surface area contributed by atoms with Crippen molar-refractivity contribution < 1.29 is 9.21 Å². The zero-order valence-corrected chi connectivity index (χ0v) is 14.1. The Morgan fingerprint density at radius 2 is 2.30 bits per heavy atom. The molecule has 0 bridgehead atoms. The Hall–Kier alpha value is -2.41. The molecule has 3 aromatic rings. The third kappa shape index (κ3) is 3.50. The van der Waals surface area contributed by atoms with Crippen LogP contribution < -0.4 is 5.32 Å². The lowest BCUT2D eigenvalue weighted by atomic mass is 10.1. The fourth-order valence-corrected chi connectivity index (χ4v) is 3.24. The third-order valence-electron chi connectivity index (χ3n) is 3.19. The fraction of sp³-hybridized carbons (Fsp3) is 0.312. The first-order chi connectivity index (χ1) is 11.0. The molecule has 0 aliphatic carbocycles. The number of anilines is 1. The van der Waals surface area contributed by atoms with E-state index in [2.05, 4.69) is 29.2 Å². The van der Waals surface area contributed by atoms with E-state index in [4.69, 9.17) is 4.42 Å². The van der Waals surface area contributed by atoms with Gasteiger partial charge in [0.05, 0.1) is 23.2 Å². The molecule has 0 unspecified atom stereocenters. The largest absolute Gasteiger partial charge is 0.463 e. The molecule has 23 heavy (non-hydrogen) atoms. The van der Waals surface area contributed by atoms with Crippen molar-refractivity contribution in [1.82, 2.24) is 14.8 Å². The molecule has 3 aromatic heterocycles. The van der Waals surface area contributed by atoms with Gasteiger partial charge in [0.1, 0.15) is 4.88 Å². The lowest BCUT2D eigenvalue weighted by molar-refractivity contribution is 0.103. The van der Waals surface area contributed by atoms with E-state index >= 15 is 0 Å². The van der Waals surface area contributed by atoms with Gasteiger partial charge in [0, 0.05) is 19.7 Å². The van der Waals surface area contributed by atoms with Crippen LogP contribution in [0.1, 0.15) is 28.5 Å². The van der Waals surface area contributed by atoms with Crippen LogP contribution in [0.4, 0.5) is 5.69 Å². The van der Waals surface area contributed by atoms with Crippen LogP contribution in [0.15, 0.2) is 35.2 Å². The van der Waals surface area contributed by atoms with Gasteiger partial charge in [-0.1, -0.05) is 13.8 Å². The number of carbonyl (C=O) groups is 1. The van der Waals surface area contributed by atoms with Gasteiger partial charge in [-0.2, -0.15) is 5.10 Å². The minimum absolute atomic E-state index is 0.182. The number of rotatable bonds is 5. The Kier molecular flexibility index (Phi) is 4.29. The Bertz CT molecular complexity index is 802. The quantitative estimate of drug-likeness (QED) is 0.776. The van der Waals surface area contributed by atoms with Gasteiger partial charge in [-0.15, -0.1) is 11.3 Å². The van der Waals surface area contributed by atoms with Gasteiger partial charge in [0.15, 0.2) is 11.5 Å². The highest BCUT2D eigenvalue weighted by molar-refractivity contribution is 7.13. The molecular weight excluding hydrogens is 312 g/mol. The summed E-state index contributed by atoms with van der Waals surface area (Å²) in [5.74, 6) is 0.949. The molecule has 0 atom stereocenters. The second kappa shape index (κ2) is 6.37. The Morgan fingerprint density at radius 1 is 1.48 bits per heavy atom. The Balaban J connectivity index is 1.79. The van der Waals surface area contributed by atoms with Crippen LogP contribution >= 0.6 is 11.3 Å². The van der Waals surface area contributed by atoms with Crippen LogP contribution in [0.3, 0.4) is 0 Å². The number of hydrogen-bond acceptors (Lipinski definition) is 5. The van der Waals surface area contributed by atoms with Crippen LogP contribution in [0.5, 0.6) is 0 Å². The van der Waals surface area contributed by atoms with Gasteiger partial charge in [-0.25, -0.2) is 4.98 Å². The molecule has 3 rings (SSSR count). The van der Waals surface area contributed by atoms with Gasteiger partial charge in [-0.3, -0.25) is 9.48 Å². The zero-order chi connectivity index (χ0) is 16.4. The average Bonchev–Trinajstić information content (AvgIpc) is 3.18. The summed E-state index contributed by atoms with van der Waals surface area (Å²) in [7, 11) is 1.80. The lowest BCUT2D eigenvalue weighted by Crippen LogP contribution is -2.10. The zero-order valence-electron chi connectivity index (χ0n) is 13.2. The molecule has 1 N–H and O–H groups in total. The predicted octanol–water partition coefficient (Wildman–Crippen LogP) is 3.59. The summed E-state index contributed by atoms with van der Waals surface area (Å²) < 4.78 is 7.01. The highest BCUT2D eigenvalue weighted by Gasteiger charge is 2.17. The number of carbonyl (C=O) groups excluding carboxylic acids is 1. The molecule has 0 aliphatic rings. The maximum absolute atomic E-state index is 12.4. The molecule has 7 heteroatoms. The van der Waals surface area contributed by atoms with Crippen LogP contribution in [0.25, 0.3) is 11.5 Å². The molecule has 0 fully saturated rings. The topological polar surface area (TPSA) is 73.0 Å². The normalized spacial score (nSPS) is 11.1. The molecule has 0 aliphatic heterocycles. The van der Waals surface area contributed by atoms with E-state index in [1.165, 1.54) is 11.3 Å². The number of aromatic nitrogens is 3. The van der Waals surface area contributed by atoms with E-state index in [1.54, 1.807) is 36.5 Å². The standard InChI is InChI=1S/C16H18N4O2S/c1-10(2)7-14-17-8-13(23-14)16(21)18-11-9-20(3)19-15(11)12-5-4-6-22-12/h4-6,8-10H,7H2,1-3H3,(H,18,21). The highest BCUT2D eigenvalue weighted by Crippen LogP contribution is 2.27. The number of amides is 1. The van der Waals surface area contributed by atoms with Gasteiger partial charge < -0.3 is 9.73 Å². The van der Waals surface area contributed by atoms with E-state index in [9.17, 15) is 4.79 Å². The van der Waals surface area contributed by atoms with E-state index < -0.39 is 0 Å². The number of nitrogens with one attached hydrogen (secondary N) is 1. The molecule has 0 saturated carbocycles. The Labute approximate surface area is 138 Å². The molecular formula is C16H18N4O2S. The van der Waals surface area contributed by atoms with Crippen molar-refractivity contribution in [2.45, 2.75) is 20.3 Å². The molecule has 0 spiro atoms. The summed E-state index contributed by atoms with van der Waals surface area (Å²) in [4.78, 5) is 17.3. The van der Waals surface area contributed by atoms with Crippen molar-refractivity contribution >= 4 is 22.9 Å². The summed E-state index contributed by atoms with van der Waals surface area (Å²) in [5, 5.41) is 8.21. The van der Waals surface area contributed by atoms with Crippen molar-refractivity contribution in [3.8, 4) is 11.5 Å². The van der Waals surface area contributed by atoms with Gasteiger partial charge in [-0.05, 0) is 18.1 Å². The van der Waals surface area contributed by atoms with Gasteiger partial charge in [0.2, 0.25) is 0 Å². The average molecular weight is 330 g/mol. The smallest absolute Gasteiger partial charge is 0.267 e. The second-order valence-corrected chi connectivity index (χ2v) is 6.83. The molecule has 0 saturated heterocycles. The number of thiazole rings is 1. The van der Waals surface area contributed by atoms with Crippen LogP contribution in [0, 0.1) is 5.92 Å². The first-order valence-electron chi connectivity index (χ1n) is 7.36. The summed E-state index contributed by atoms with van der Waals surface area (Å²) in [5.41, 5.74) is 1.23. The van der Waals surface area contributed by atoms with E-state index in [0.29, 0.717) is 27.9 Å². The molecule has 3 heterocycles. The molecule has 6 nitrogen and oxygen atoms in total. The predicted molar refractivity (Wildman–Crippen MR) is 89.5 cm³/mol.